The van der Waals surface area contributed by atoms with Crippen molar-refractivity contribution in [3.63, 3.8) is 0 Å². The molecule has 5 nitrogen and oxygen atoms in total. The Morgan fingerprint density at radius 1 is 1.26 bits per heavy atom. The van der Waals surface area contributed by atoms with E-state index in [-0.39, 0.29) is 12.5 Å². The molecule has 0 aliphatic heterocycles. The highest BCUT2D eigenvalue weighted by atomic mass is 32.1. The summed E-state index contributed by atoms with van der Waals surface area (Å²) in [5.41, 5.74) is 0.411. The van der Waals surface area contributed by atoms with Gasteiger partial charge in [-0.3, -0.25) is 4.79 Å². The summed E-state index contributed by atoms with van der Waals surface area (Å²) < 4.78 is 10.00. The number of anilines is 1. The average Bonchev–Trinajstić information content (AvgIpc) is 2.79. The molecule has 106 valence electrons. The largest absolute Gasteiger partial charge is 0.462 e. The molecule has 6 heteroatoms. The summed E-state index contributed by atoms with van der Waals surface area (Å²) in [5.74, 6) is -0.679. The first-order chi connectivity index (χ1) is 9.12. The Labute approximate surface area is 116 Å². The molecule has 1 heterocycles. The Bertz CT molecular complexity index is 442. The van der Waals surface area contributed by atoms with Gasteiger partial charge in [0, 0.05) is 11.5 Å². The molecule has 0 spiro atoms. The van der Waals surface area contributed by atoms with Gasteiger partial charge in [0.25, 0.3) is 5.91 Å². The number of ether oxygens (including phenoxy) is 2. The van der Waals surface area contributed by atoms with Gasteiger partial charge in [0.2, 0.25) is 0 Å². The third kappa shape index (κ3) is 4.65. The van der Waals surface area contributed by atoms with Gasteiger partial charge in [-0.05, 0) is 26.3 Å². The minimum Gasteiger partial charge on any atom is -0.462 e. The Hall–Kier alpha value is -1.40. The van der Waals surface area contributed by atoms with E-state index in [1.54, 1.807) is 13.0 Å². The first-order valence-corrected chi connectivity index (χ1v) is 7.11. The molecule has 0 unspecified atom stereocenters. The predicted octanol–water partition coefficient (Wildman–Crippen LogP) is 2.46. The van der Waals surface area contributed by atoms with Crippen molar-refractivity contribution in [1.29, 1.82) is 0 Å². The summed E-state index contributed by atoms with van der Waals surface area (Å²) in [4.78, 5) is 24.4. The van der Waals surface area contributed by atoms with E-state index in [2.05, 4.69) is 5.32 Å². The third-order valence-electron chi connectivity index (χ3n) is 2.32. The van der Waals surface area contributed by atoms with E-state index in [1.165, 1.54) is 11.3 Å². The molecular weight excluding hydrogens is 266 g/mol. The number of rotatable bonds is 7. The second-order valence-electron chi connectivity index (χ2n) is 3.71. The van der Waals surface area contributed by atoms with Crippen LogP contribution in [0.25, 0.3) is 0 Å². The van der Waals surface area contributed by atoms with Crippen molar-refractivity contribution in [1.82, 2.24) is 0 Å². The highest BCUT2D eigenvalue weighted by molar-refractivity contribution is 7.16. The van der Waals surface area contributed by atoms with Gasteiger partial charge in [0.05, 0.1) is 12.2 Å². The van der Waals surface area contributed by atoms with Gasteiger partial charge in [-0.2, -0.15) is 0 Å². The summed E-state index contributed by atoms with van der Waals surface area (Å²) in [7, 11) is 0. The molecule has 19 heavy (non-hydrogen) atoms. The lowest BCUT2D eigenvalue weighted by Gasteiger charge is -2.05. The molecule has 1 amide bonds. The summed E-state index contributed by atoms with van der Waals surface area (Å²) in [6.45, 7) is 6.33. The average molecular weight is 285 g/mol. The van der Waals surface area contributed by atoms with Gasteiger partial charge in [0.15, 0.2) is 0 Å². The predicted molar refractivity (Wildman–Crippen MR) is 74.8 cm³/mol. The smallest absolute Gasteiger partial charge is 0.341 e. The fourth-order valence-corrected chi connectivity index (χ4v) is 2.43. The number of aryl methyl sites for hydroxylation is 1. The standard InChI is InChI=1S/C13H19NO4S/c1-4-9-7-10(13(16)18-6-3)12(19-9)14-11(15)8-17-5-2/h7H,4-6,8H2,1-3H3,(H,14,15). The molecule has 1 aromatic rings. The number of esters is 1. The number of hydrogen-bond acceptors (Lipinski definition) is 5. The molecule has 0 bridgehead atoms. The van der Waals surface area contributed by atoms with E-state index in [4.69, 9.17) is 9.47 Å². The summed E-state index contributed by atoms with van der Waals surface area (Å²) >= 11 is 1.39. The topological polar surface area (TPSA) is 64.6 Å². The first kappa shape index (κ1) is 15.7. The van der Waals surface area contributed by atoms with Gasteiger partial charge < -0.3 is 14.8 Å². The Morgan fingerprint density at radius 3 is 2.58 bits per heavy atom. The lowest BCUT2D eigenvalue weighted by atomic mass is 10.2. The molecule has 0 aliphatic carbocycles. The zero-order valence-electron chi connectivity index (χ0n) is 11.4. The Morgan fingerprint density at radius 2 is 2.00 bits per heavy atom. The van der Waals surface area contributed by atoms with Crippen molar-refractivity contribution < 1.29 is 19.1 Å². The van der Waals surface area contributed by atoms with Crippen LogP contribution in [0.5, 0.6) is 0 Å². The van der Waals surface area contributed by atoms with Gasteiger partial charge in [-0.15, -0.1) is 11.3 Å². The van der Waals surface area contributed by atoms with Crippen LogP contribution in [0.15, 0.2) is 6.07 Å². The third-order valence-corrected chi connectivity index (χ3v) is 3.51. The van der Waals surface area contributed by atoms with Crippen molar-refractivity contribution in [3.05, 3.63) is 16.5 Å². The van der Waals surface area contributed by atoms with Gasteiger partial charge >= 0.3 is 5.97 Å². The molecule has 0 aliphatic rings. The molecule has 0 atom stereocenters. The zero-order valence-corrected chi connectivity index (χ0v) is 12.3. The minimum atomic E-state index is -0.412. The first-order valence-electron chi connectivity index (χ1n) is 6.29. The van der Waals surface area contributed by atoms with E-state index in [0.29, 0.717) is 23.8 Å². The van der Waals surface area contributed by atoms with Crippen LogP contribution in [0.4, 0.5) is 5.00 Å². The SMILES string of the molecule is CCOCC(=O)Nc1sc(CC)cc1C(=O)OCC. The number of carbonyl (C=O) groups excluding carboxylic acids is 2. The monoisotopic (exact) mass is 285 g/mol. The maximum Gasteiger partial charge on any atom is 0.341 e. The molecule has 0 fully saturated rings. The molecule has 0 aromatic carbocycles. The number of nitrogens with one attached hydrogen (secondary N) is 1. The van der Waals surface area contributed by atoms with Gasteiger partial charge in [-0.25, -0.2) is 4.79 Å². The summed E-state index contributed by atoms with van der Waals surface area (Å²) in [6.07, 6.45) is 0.804. The van der Waals surface area contributed by atoms with Crippen molar-refractivity contribution in [2.45, 2.75) is 27.2 Å². The van der Waals surface area contributed by atoms with E-state index >= 15 is 0 Å². The molecule has 1 rings (SSSR count). The van der Waals surface area contributed by atoms with Crippen LogP contribution >= 0.6 is 11.3 Å². The second-order valence-corrected chi connectivity index (χ2v) is 4.85. The van der Waals surface area contributed by atoms with Crippen LogP contribution in [0.2, 0.25) is 0 Å². The zero-order chi connectivity index (χ0) is 14.3. The van der Waals surface area contributed by atoms with Crippen molar-refractivity contribution in [3.8, 4) is 0 Å². The van der Waals surface area contributed by atoms with Crippen LogP contribution in [0.1, 0.15) is 36.0 Å². The quantitative estimate of drug-likeness (QED) is 0.782. The van der Waals surface area contributed by atoms with Crippen LogP contribution in [-0.4, -0.2) is 31.7 Å². The van der Waals surface area contributed by atoms with E-state index < -0.39 is 5.97 Å². The maximum absolute atomic E-state index is 11.8. The molecule has 1 N–H and O–H groups in total. The Balaban J connectivity index is 2.82. The van der Waals surface area contributed by atoms with Crippen molar-refractivity contribution >= 4 is 28.2 Å². The molecule has 0 saturated heterocycles. The van der Waals surface area contributed by atoms with Crippen LogP contribution in [0.3, 0.4) is 0 Å². The fraction of sp³-hybridized carbons (Fsp3) is 0.538. The number of carbonyl (C=O) groups is 2. The Kier molecular flexibility index (Phi) is 6.52. The number of amides is 1. The van der Waals surface area contributed by atoms with Crippen LogP contribution < -0.4 is 5.32 Å². The van der Waals surface area contributed by atoms with Crippen LogP contribution in [-0.2, 0) is 20.7 Å². The molecule has 0 radical (unpaired) electrons. The molecular formula is C13H19NO4S. The lowest BCUT2D eigenvalue weighted by molar-refractivity contribution is -0.120. The fourth-order valence-electron chi connectivity index (χ4n) is 1.43. The van der Waals surface area contributed by atoms with Gasteiger partial charge in [-0.1, -0.05) is 6.92 Å². The van der Waals surface area contributed by atoms with Crippen molar-refractivity contribution in [2.75, 3.05) is 25.1 Å². The normalized spacial score (nSPS) is 10.3. The number of hydrogen-bond donors (Lipinski definition) is 1. The highest BCUT2D eigenvalue weighted by Crippen LogP contribution is 2.29. The lowest BCUT2D eigenvalue weighted by Crippen LogP contribution is -2.19. The van der Waals surface area contributed by atoms with E-state index in [9.17, 15) is 9.59 Å². The van der Waals surface area contributed by atoms with E-state index in [1.807, 2.05) is 13.8 Å². The highest BCUT2D eigenvalue weighted by Gasteiger charge is 2.18. The minimum absolute atomic E-state index is 0.0158. The summed E-state index contributed by atoms with van der Waals surface area (Å²) in [5, 5.41) is 3.22. The van der Waals surface area contributed by atoms with Crippen LogP contribution in [0, 0.1) is 0 Å². The summed E-state index contributed by atoms with van der Waals surface area (Å²) in [6, 6.07) is 1.76. The molecule has 0 saturated carbocycles. The maximum atomic E-state index is 11.8. The number of thiophene rings is 1. The van der Waals surface area contributed by atoms with Crippen molar-refractivity contribution in [2.24, 2.45) is 0 Å². The molecule has 1 aromatic heterocycles. The van der Waals surface area contributed by atoms with E-state index in [0.717, 1.165) is 11.3 Å². The van der Waals surface area contributed by atoms with Gasteiger partial charge in [0.1, 0.15) is 11.6 Å². The second kappa shape index (κ2) is 7.91.